The zero-order chi connectivity index (χ0) is 14.2. The minimum atomic E-state index is -0.420. The van der Waals surface area contributed by atoms with Crippen molar-refractivity contribution in [2.45, 2.75) is 63.5 Å². The Hall–Kier alpha value is -1.43. The Morgan fingerprint density at radius 1 is 1.40 bits per heavy atom. The van der Waals surface area contributed by atoms with Crippen LogP contribution in [0.3, 0.4) is 0 Å². The quantitative estimate of drug-likeness (QED) is 0.875. The summed E-state index contributed by atoms with van der Waals surface area (Å²) in [6.07, 6.45) is 7.16. The summed E-state index contributed by atoms with van der Waals surface area (Å²) in [5.41, 5.74) is 5.75. The Labute approximate surface area is 118 Å². The van der Waals surface area contributed by atoms with Gasteiger partial charge < -0.3 is 15.6 Å². The van der Waals surface area contributed by atoms with Gasteiger partial charge in [-0.25, -0.2) is 0 Å². The zero-order valence-electron chi connectivity index (χ0n) is 11.9. The maximum absolute atomic E-state index is 12.1. The molecular weight excluding hydrogens is 256 g/mol. The first-order valence-corrected chi connectivity index (χ1v) is 7.52. The van der Waals surface area contributed by atoms with Crippen molar-refractivity contribution in [2.75, 3.05) is 0 Å². The summed E-state index contributed by atoms with van der Waals surface area (Å²) in [4.78, 5) is 16.4. The lowest BCUT2D eigenvalue weighted by molar-refractivity contribution is -0.125. The number of nitrogens with one attached hydrogen (secondary N) is 1. The van der Waals surface area contributed by atoms with Gasteiger partial charge in [-0.15, -0.1) is 0 Å². The Balaban J connectivity index is 1.62. The summed E-state index contributed by atoms with van der Waals surface area (Å²) in [6, 6.07) is -0.256. The standard InChI is InChI=1S/C14H22N4O2/c1-9(16-11(19)10-5-2-3-6-10)12-17-13(18-20-12)14(15)7-4-8-14/h9-10H,2-8,15H2,1H3,(H,16,19). The van der Waals surface area contributed by atoms with Crippen LogP contribution in [0, 0.1) is 5.92 Å². The molecule has 1 amide bonds. The molecule has 0 radical (unpaired) electrons. The van der Waals surface area contributed by atoms with Gasteiger partial charge in [-0.05, 0) is 39.0 Å². The van der Waals surface area contributed by atoms with E-state index in [1.165, 1.54) is 0 Å². The molecule has 1 aromatic rings. The molecule has 1 atom stereocenters. The molecule has 2 fully saturated rings. The van der Waals surface area contributed by atoms with Crippen LogP contribution in [0.25, 0.3) is 0 Å². The maximum atomic E-state index is 12.1. The average molecular weight is 278 g/mol. The number of amides is 1. The highest BCUT2D eigenvalue weighted by atomic mass is 16.5. The van der Waals surface area contributed by atoms with Crippen LogP contribution in [0.2, 0.25) is 0 Å². The van der Waals surface area contributed by atoms with E-state index in [4.69, 9.17) is 10.3 Å². The Morgan fingerprint density at radius 3 is 2.70 bits per heavy atom. The highest BCUT2D eigenvalue weighted by molar-refractivity contribution is 5.79. The van der Waals surface area contributed by atoms with Crippen molar-refractivity contribution in [1.82, 2.24) is 15.5 Å². The second-order valence-corrected chi connectivity index (χ2v) is 6.18. The summed E-state index contributed by atoms with van der Waals surface area (Å²) < 4.78 is 5.26. The second kappa shape index (κ2) is 5.16. The van der Waals surface area contributed by atoms with Gasteiger partial charge >= 0.3 is 0 Å². The predicted molar refractivity (Wildman–Crippen MR) is 72.5 cm³/mol. The molecule has 110 valence electrons. The van der Waals surface area contributed by atoms with Crippen LogP contribution in [0.4, 0.5) is 0 Å². The summed E-state index contributed by atoms with van der Waals surface area (Å²) in [5, 5.41) is 6.94. The molecule has 3 rings (SSSR count). The van der Waals surface area contributed by atoms with Crippen LogP contribution in [-0.4, -0.2) is 16.0 Å². The molecule has 0 saturated heterocycles. The third kappa shape index (κ3) is 2.44. The lowest BCUT2D eigenvalue weighted by Crippen LogP contribution is -2.44. The molecular formula is C14H22N4O2. The largest absolute Gasteiger partial charge is 0.344 e. The zero-order valence-corrected chi connectivity index (χ0v) is 11.9. The molecule has 0 bridgehead atoms. The summed E-state index contributed by atoms with van der Waals surface area (Å²) in [7, 11) is 0. The summed E-state index contributed by atoms with van der Waals surface area (Å²) >= 11 is 0. The van der Waals surface area contributed by atoms with Crippen molar-refractivity contribution in [3.8, 4) is 0 Å². The van der Waals surface area contributed by atoms with Gasteiger partial charge in [0, 0.05) is 5.92 Å². The lowest BCUT2D eigenvalue weighted by atomic mass is 9.77. The van der Waals surface area contributed by atoms with Crippen molar-refractivity contribution in [2.24, 2.45) is 11.7 Å². The van der Waals surface area contributed by atoms with Gasteiger partial charge in [0.25, 0.3) is 0 Å². The highest BCUT2D eigenvalue weighted by Gasteiger charge is 2.39. The van der Waals surface area contributed by atoms with Gasteiger partial charge in [-0.1, -0.05) is 18.0 Å². The number of nitrogens with zero attached hydrogens (tertiary/aromatic N) is 2. The normalized spacial score (nSPS) is 23.3. The minimum Gasteiger partial charge on any atom is -0.344 e. The van der Waals surface area contributed by atoms with E-state index in [2.05, 4.69) is 15.5 Å². The van der Waals surface area contributed by atoms with E-state index in [1.807, 2.05) is 6.92 Å². The molecule has 0 aliphatic heterocycles. The molecule has 3 N–H and O–H groups in total. The van der Waals surface area contributed by atoms with E-state index in [1.54, 1.807) is 0 Å². The third-order valence-electron chi connectivity index (χ3n) is 4.59. The number of carbonyl (C=O) groups excluding carboxylic acids is 1. The molecule has 1 heterocycles. The van der Waals surface area contributed by atoms with Crippen LogP contribution in [-0.2, 0) is 10.3 Å². The fourth-order valence-electron chi connectivity index (χ4n) is 2.98. The smallest absolute Gasteiger partial charge is 0.248 e. The number of hydrogen-bond donors (Lipinski definition) is 2. The van der Waals surface area contributed by atoms with E-state index in [0.29, 0.717) is 11.7 Å². The predicted octanol–water partition coefficient (Wildman–Crippen LogP) is 1.77. The van der Waals surface area contributed by atoms with Crippen LogP contribution in [0.1, 0.15) is 69.6 Å². The van der Waals surface area contributed by atoms with E-state index in [9.17, 15) is 4.79 Å². The van der Waals surface area contributed by atoms with E-state index in [0.717, 1.165) is 44.9 Å². The first kappa shape index (κ1) is 13.5. The molecule has 0 spiro atoms. The van der Waals surface area contributed by atoms with Gasteiger partial charge in [-0.3, -0.25) is 4.79 Å². The van der Waals surface area contributed by atoms with Gasteiger partial charge in [0.05, 0.1) is 5.54 Å². The Kier molecular flexibility index (Phi) is 3.50. The first-order chi connectivity index (χ1) is 9.58. The monoisotopic (exact) mass is 278 g/mol. The fourth-order valence-corrected chi connectivity index (χ4v) is 2.98. The fraction of sp³-hybridized carbons (Fsp3) is 0.786. The molecule has 20 heavy (non-hydrogen) atoms. The van der Waals surface area contributed by atoms with Crippen LogP contribution < -0.4 is 11.1 Å². The maximum Gasteiger partial charge on any atom is 0.248 e. The number of nitrogens with two attached hydrogens (primary N) is 1. The topological polar surface area (TPSA) is 94.0 Å². The average Bonchev–Trinajstić information content (AvgIpc) is 3.06. The molecule has 2 saturated carbocycles. The highest BCUT2D eigenvalue weighted by Crippen LogP contribution is 2.37. The van der Waals surface area contributed by atoms with Crippen molar-refractivity contribution in [3.05, 3.63) is 11.7 Å². The van der Waals surface area contributed by atoms with Crippen molar-refractivity contribution in [1.29, 1.82) is 0 Å². The van der Waals surface area contributed by atoms with Crippen molar-refractivity contribution < 1.29 is 9.32 Å². The molecule has 0 aromatic carbocycles. The van der Waals surface area contributed by atoms with Gasteiger partial charge in [-0.2, -0.15) is 4.98 Å². The van der Waals surface area contributed by atoms with Crippen molar-refractivity contribution >= 4 is 5.91 Å². The van der Waals surface area contributed by atoms with Gasteiger partial charge in [0.15, 0.2) is 5.82 Å². The van der Waals surface area contributed by atoms with Crippen LogP contribution >= 0.6 is 0 Å². The summed E-state index contributed by atoms with van der Waals surface area (Å²) in [5.74, 6) is 1.26. The van der Waals surface area contributed by atoms with Crippen molar-refractivity contribution in [3.63, 3.8) is 0 Å². The molecule has 1 aromatic heterocycles. The number of hydrogen-bond acceptors (Lipinski definition) is 5. The van der Waals surface area contributed by atoms with E-state index in [-0.39, 0.29) is 17.9 Å². The second-order valence-electron chi connectivity index (χ2n) is 6.18. The third-order valence-corrected chi connectivity index (χ3v) is 4.59. The Bertz CT molecular complexity index is 489. The van der Waals surface area contributed by atoms with Crippen LogP contribution in [0.15, 0.2) is 4.52 Å². The van der Waals surface area contributed by atoms with E-state index >= 15 is 0 Å². The number of rotatable bonds is 4. The van der Waals surface area contributed by atoms with Gasteiger partial charge in [0.1, 0.15) is 6.04 Å². The van der Waals surface area contributed by atoms with Crippen LogP contribution in [0.5, 0.6) is 0 Å². The SMILES string of the molecule is CC(NC(=O)C1CCCC1)c1nc(C2(N)CCC2)no1. The van der Waals surface area contributed by atoms with Gasteiger partial charge in [0.2, 0.25) is 11.8 Å². The number of aromatic nitrogens is 2. The minimum absolute atomic E-state index is 0.0980. The molecule has 2 aliphatic carbocycles. The molecule has 6 nitrogen and oxygen atoms in total. The molecule has 6 heteroatoms. The number of carbonyl (C=O) groups is 1. The Morgan fingerprint density at radius 2 is 2.10 bits per heavy atom. The summed E-state index contributed by atoms with van der Waals surface area (Å²) in [6.45, 7) is 1.87. The lowest BCUT2D eigenvalue weighted by Gasteiger charge is -2.34. The first-order valence-electron chi connectivity index (χ1n) is 7.52. The molecule has 2 aliphatic rings. The molecule has 1 unspecified atom stereocenters. The van der Waals surface area contributed by atoms with E-state index < -0.39 is 5.54 Å².